The van der Waals surface area contributed by atoms with E-state index in [4.69, 9.17) is 9.15 Å². The summed E-state index contributed by atoms with van der Waals surface area (Å²) >= 11 is 0. The molecule has 0 aromatic carbocycles. The van der Waals surface area contributed by atoms with Gasteiger partial charge in [-0.05, 0) is 7.05 Å². The van der Waals surface area contributed by atoms with Crippen LogP contribution in [0, 0.1) is 0 Å². The third kappa shape index (κ3) is 2.92. The van der Waals surface area contributed by atoms with Crippen molar-refractivity contribution >= 4 is 23.0 Å². The highest BCUT2D eigenvalue weighted by atomic mass is 16.5. The van der Waals surface area contributed by atoms with Gasteiger partial charge in [0.1, 0.15) is 5.69 Å². The number of piperazine rings is 1. The Hall–Kier alpha value is -2.28. The molecule has 1 N–H and O–H groups in total. The second kappa shape index (κ2) is 5.61. The number of furan rings is 1. The van der Waals surface area contributed by atoms with Crippen LogP contribution in [0.3, 0.4) is 0 Å². The quantitative estimate of drug-likeness (QED) is 0.842. The highest BCUT2D eigenvalue weighted by Crippen LogP contribution is 2.16. The maximum absolute atomic E-state index is 12.0. The van der Waals surface area contributed by atoms with E-state index in [0.29, 0.717) is 18.7 Å². The van der Waals surface area contributed by atoms with Crippen LogP contribution >= 0.6 is 0 Å². The zero-order valence-electron chi connectivity index (χ0n) is 11.8. The number of rotatable bonds is 3. The van der Waals surface area contributed by atoms with Crippen LogP contribution in [0.2, 0.25) is 0 Å². The number of aromatic nitrogens is 1. The highest BCUT2D eigenvalue weighted by molar-refractivity contribution is 5.94. The molecule has 7 heteroatoms. The summed E-state index contributed by atoms with van der Waals surface area (Å²) in [6, 6.07) is 3.29. The van der Waals surface area contributed by atoms with Crippen LogP contribution in [-0.2, 0) is 9.53 Å². The van der Waals surface area contributed by atoms with E-state index in [1.54, 1.807) is 17.0 Å². The fraction of sp³-hybridized carbons (Fsp3) is 0.429. The van der Waals surface area contributed by atoms with Gasteiger partial charge in [0.2, 0.25) is 0 Å². The van der Waals surface area contributed by atoms with E-state index < -0.39 is 5.97 Å². The summed E-state index contributed by atoms with van der Waals surface area (Å²) in [4.78, 5) is 30.6. The van der Waals surface area contributed by atoms with E-state index in [-0.39, 0.29) is 18.2 Å². The first kappa shape index (κ1) is 13.7. The van der Waals surface area contributed by atoms with Gasteiger partial charge in [0.15, 0.2) is 12.2 Å². The van der Waals surface area contributed by atoms with Gasteiger partial charge in [-0.3, -0.25) is 4.79 Å². The molecule has 112 valence electrons. The summed E-state index contributed by atoms with van der Waals surface area (Å²) in [6.07, 6.45) is 1.53. The van der Waals surface area contributed by atoms with E-state index >= 15 is 0 Å². The zero-order valence-corrected chi connectivity index (χ0v) is 11.8. The predicted molar refractivity (Wildman–Crippen MR) is 74.9 cm³/mol. The number of carbonyl (C=O) groups is 2. The number of nitrogens with zero attached hydrogens (tertiary/aromatic N) is 2. The molecule has 21 heavy (non-hydrogen) atoms. The minimum absolute atomic E-state index is 0.160. The number of esters is 1. The van der Waals surface area contributed by atoms with Crippen molar-refractivity contribution in [3.63, 3.8) is 0 Å². The molecule has 0 radical (unpaired) electrons. The fourth-order valence-electron chi connectivity index (χ4n) is 2.31. The largest absolute Gasteiger partial charge is 0.463 e. The van der Waals surface area contributed by atoms with Crippen LogP contribution < -0.4 is 0 Å². The van der Waals surface area contributed by atoms with Crippen LogP contribution in [0.5, 0.6) is 0 Å². The van der Waals surface area contributed by atoms with E-state index in [0.717, 1.165) is 18.6 Å². The summed E-state index contributed by atoms with van der Waals surface area (Å²) in [5, 5.41) is 0. The van der Waals surface area contributed by atoms with Crippen molar-refractivity contribution in [1.29, 1.82) is 0 Å². The SMILES string of the molecule is CN1CCN(C(=O)COC(=O)c2cc3occc3[nH]2)CC1. The molecule has 1 fully saturated rings. The van der Waals surface area contributed by atoms with Crippen LogP contribution in [-0.4, -0.2) is 66.5 Å². The lowest BCUT2D eigenvalue weighted by molar-refractivity contribution is -0.136. The molecule has 2 aromatic heterocycles. The Labute approximate surface area is 121 Å². The first-order valence-corrected chi connectivity index (χ1v) is 6.83. The van der Waals surface area contributed by atoms with Gasteiger partial charge < -0.3 is 23.9 Å². The average Bonchev–Trinajstić information content (AvgIpc) is 3.06. The van der Waals surface area contributed by atoms with Gasteiger partial charge in [0.25, 0.3) is 5.91 Å². The second-order valence-corrected chi connectivity index (χ2v) is 5.14. The van der Waals surface area contributed by atoms with E-state index in [1.807, 2.05) is 7.05 Å². The highest BCUT2D eigenvalue weighted by Gasteiger charge is 2.21. The second-order valence-electron chi connectivity index (χ2n) is 5.14. The van der Waals surface area contributed by atoms with E-state index in [9.17, 15) is 9.59 Å². The Morgan fingerprint density at radius 3 is 2.81 bits per heavy atom. The summed E-state index contributed by atoms with van der Waals surface area (Å²) in [5.41, 5.74) is 1.61. The molecule has 1 amide bonds. The number of aromatic amines is 1. The summed E-state index contributed by atoms with van der Waals surface area (Å²) in [5.74, 6) is -0.712. The van der Waals surface area contributed by atoms with E-state index in [2.05, 4.69) is 9.88 Å². The molecule has 2 aromatic rings. The van der Waals surface area contributed by atoms with Gasteiger partial charge in [-0.1, -0.05) is 0 Å². The fourth-order valence-corrected chi connectivity index (χ4v) is 2.31. The first-order valence-electron chi connectivity index (χ1n) is 6.83. The minimum Gasteiger partial charge on any atom is -0.463 e. The molecule has 1 aliphatic rings. The molecule has 7 nitrogen and oxygen atoms in total. The molecule has 0 bridgehead atoms. The summed E-state index contributed by atoms with van der Waals surface area (Å²) in [7, 11) is 2.02. The van der Waals surface area contributed by atoms with Gasteiger partial charge in [-0.25, -0.2) is 4.79 Å². The van der Waals surface area contributed by atoms with Gasteiger partial charge in [0.05, 0.1) is 11.8 Å². The Kier molecular flexibility index (Phi) is 3.66. The Morgan fingerprint density at radius 1 is 1.33 bits per heavy atom. The van der Waals surface area contributed by atoms with Crippen molar-refractivity contribution in [3.8, 4) is 0 Å². The number of hydrogen-bond acceptors (Lipinski definition) is 5. The number of nitrogens with one attached hydrogen (secondary N) is 1. The van der Waals surface area contributed by atoms with Crippen LogP contribution in [0.4, 0.5) is 0 Å². The molecule has 0 atom stereocenters. The normalized spacial score (nSPS) is 16.3. The van der Waals surface area contributed by atoms with Gasteiger partial charge in [-0.2, -0.15) is 0 Å². The Balaban J connectivity index is 1.53. The van der Waals surface area contributed by atoms with Crippen molar-refractivity contribution in [2.45, 2.75) is 0 Å². The number of H-pyrrole nitrogens is 1. The van der Waals surface area contributed by atoms with Crippen molar-refractivity contribution in [1.82, 2.24) is 14.8 Å². The molecule has 0 unspecified atom stereocenters. The molecule has 3 rings (SSSR count). The van der Waals surface area contributed by atoms with Gasteiger partial charge >= 0.3 is 5.97 Å². The molecule has 0 aliphatic carbocycles. The number of ether oxygens (including phenoxy) is 1. The predicted octanol–water partition coefficient (Wildman–Crippen LogP) is 0.692. The van der Waals surface area contributed by atoms with Crippen molar-refractivity contribution < 1.29 is 18.7 Å². The Morgan fingerprint density at radius 2 is 2.10 bits per heavy atom. The average molecular weight is 291 g/mol. The zero-order chi connectivity index (χ0) is 14.8. The van der Waals surface area contributed by atoms with Gasteiger partial charge in [-0.15, -0.1) is 0 Å². The Bertz CT molecular complexity index is 624. The number of carbonyl (C=O) groups excluding carboxylic acids is 2. The molecule has 3 heterocycles. The third-order valence-corrected chi connectivity index (χ3v) is 3.64. The summed E-state index contributed by atoms with van der Waals surface area (Å²) < 4.78 is 10.2. The lowest BCUT2D eigenvalue weighted by Gasteiger charge is -2.32. The smallest absolute Gasteiger partial charge is 0.355 e. The topological polar surface area (TPSA) is 78.8 Å². The van der Waals surface area contributed by atoms with Crippen molar-refractivity contribution in [2.24, 2.45) is 0 Å². The lowest BCUT2D eigenvalue weighted by Crippen LogP contribution is -2.48. The first-order chi connectivity index (χ1) is 10.1. The van der Waals surface area contributed by atoms with Crippen molar-refractivity contribution in [2.75, 3.05) is 39.8 Å². The number of hydrogen-bond donors (Lipinski definition) is 1. The monoisotopic (exact) mass is 291 g/mol. The molecular formula is C14H17N3O4. The molecule has 1 saturated heterocycles. The van der Waals surface area contributed by atoms with E-state index in [1.165, 1.54) is 6.26 Å². The maximum atomic E-state index is 12.0. The number of amides is 1. The standard InChI is InChI=1S/C14H17N3O4/c1-16-3-5-17(6-4-16)13(18)9-21-14(19)11-8-12-10(15-11)2-7-20-12/h2,7-8,15H,3-6,9H2,1H3. The molecule has 1 aliphatic heterocycles. The van der Waals surface area contributed by atoms with Crippen LogP contribution in [0.1, 0.15) is 10.5 Å². The molecular weight excluding hydrogens is 274 g/mol. The van der Waals surface area contributed by atoms with Gasteiger partial charge in [0, 0.05) is 38.3 Å². The summed E-state index contributed by atoms with van der Waals surface area (Å²) in [6.45, 7) is 2.78. The molecule has 0 spiro atoms. The number of likely N-dealkylation sites (N-methyl/N-ethyl adjacent to an activating group) is 1. The van der Waals surface area contributed by atoms with Crippen LogP contribution in [0.25, 0.3) is 11.1 Å². The van der Waals surface area contributed by atoms with Crippen LogP contribution in [0.15, 0.2) is 22.8 Å². The van der Waals surface area contributed by atoms with Crippen molar-refractivity contribution in [3.05, 3.63) is 24.1 Å². The molecule has 0 saturated carbocycles. The third-order valence-electron chi connectivity index (χ3n) is 3.64. The number of fused-ring (bicyclic) bond motifs is 1. The minimum atomic E-state index is -0.552. The lowest BCUT2D eigenvalue weighted by atomic mass is 10.3. The maximum Gasteiger partial charge on any atom is 0.355 e.